The van der Waals surface area contributed by atoms with Gasteiger partial charge in [0.1, 0.15) is 5.82 Å². The van der Waals surface area contributed by atoms with E-state index in [9.17, 15) is 4.39 Å². The highest BCUT2D eigenvalue weighted by Crippen LogP contribution is 2.43. The maximum absolute atomic E-state index is 13.4. The van der Waals surface area contributed by atoms with Gasteiger partial charge in [-0.2, -0.15) is 0 Å². The van der Waals surface area contributed by atoms with Crippen molar-refractivity contribution in [2.45, 2.75) is 38.1 Å². The van der Waals surface area contributed by atoms with Gasteiger partial charge in [0, 0.05) is 5.54 Å². The van der Waals surface area contributed by atoms with Crippen molar-refractivity contribution in [1.29, 1.82) is 0 Å². The average Bonchev–Trinajstić information content (AvgIpc) is 2.85. The van der Waals surface area contributed by atoms with Crippen LogP contribution < -0.4 is 5.73 Å². The molecule has 1 aromatic rings. The quantitative estimate of drug-likeness (QED) is 0.767. The van der Waals surface area contributed by atoms with Gasteiger partial charge < -0.3 is 5.73 Å². The van der Waals surface area contributed by atoms with Crippen molar-refractivity contribution in [2.24, 2.45) is 5.73 Å². The fourth-order valence-corrected chi connectivity index (χ4v) is 1.72. The smallest absolute Gasteiger partial charge is 0.126 e. The van der Waals surface area contributed by atoms with Crippen molar-refractivity contribution < 1.29 is 4.39 Å². The molecule has 0 atom stereocenters. The minimum absolute atomic E-state index is 0.118. The Kier molecular flexibility index (Phi) is 2.11. The molecule has 0 unspecified atom stereocenters. The fraction of sp³-hybridized carbons (Fsp3) is 0.500. The Balaban J connectivity index is 2.41. The summed E-state index contributed by atoms with van der Waals surface area (Å²) in [4.78, 5) is 0. The van der Waals surface area contributed by atoms with E-state index in [0.717, 1.165) is 24.0 Å². The number of halogens is 1. The van der Waals surface area contributed by atoms with E-state index in [0.29, 0.717) is 0 Å². The summed E-state index contributed by atoms with van der Waals surface area (Å²) in [6.45, 7) is 4.00. The van der Waals surface area contributed by atoms with Crippen LogP contribution in [0.5, 0.6) is 0 Å². The van der Waals surface area contributed by atoms with Gasteiger partial charge in [-0.25, -0.2) is 4.39 Å². The zero-order chi connectivity index (χ0) is 10.3. The van der Waals surface area contributed by atoms with E-state index in [1.807, 2.05) is 26.0 Å². The molecule has 0 spiro atoms. The molecule has 1 fully saturated rings. The zero-order valence-corrected chi connectivity index (χ0v) is 8.68. The molecular formula is C12H16FN. The van der Waals surface area contributed by atoms with E-state index >= 15 is 0 Å². The van der Waals surface area contributed by atoms with Crippen LogP contribution in [0.25, 0.3) is 0 Å². The van der Waals surface area contributed by atoms with Crippen LogP contribution >= 0.6 is 0 Å². The molecule has 1 aromatic carbocycles. The summed E-state index contributed by atoms with van der Waals surface area (Å²) < 4.78 is 13.4. The van der Waals surface area contributed by atoms with Gasteiger partial charge in [0.05, 0.1) is 0 Å². The van der Waals surface area contributed by atoms with Crippen molar-refractivity contribution >= 4 is 0 Å². The molecule has 1 nitrogen and oxygen atoms in total. The topological polar surface area (TPSA) is 26.0 Å². The number of hydrogen-bond acceptors (Lipinski definition) is 1. The van der Waals surface area contributed by atoms with Gasteiger partial charge in [0.15, 0.2) is 0 Å². The summed E-state index contributed by atoms with van der Waals surface area (Å²) in [5.74, 6) is 0.102. The Morgan fingerprint density at radius 2 is 2.00 bits per heavy atom. The molecule has 0 aliphatic heterocycles. The van der Waals surface area contributed by atoms with Gasteiger partial charge in [-0.05, 0) is 36.0 Å². The molecule has 0 aromatic heterocycles. The summed E-state index contributed by atoms with van der Waals surface area (Å²) in [7, 11) is 0. The highest BCUT2D eigenvalue weighted by atomic mass is 19.1. The molecule has 2 N–H and O–H groups in total. The Morgan fingerprint density at radius 1 is 1.36 bits per heavy atom. The second kappa shape index (κ2) is 3.06. The predicted molar refractivity (Wildman–Crippen MR) is 55.6 cm³/mol. The van der Waals surface area contributed by atoms with Crippen LogP contribution in [0.3, 0.4) is 0 Å². The normalized spacial score (nSPS) is 18.6. The van der Waals surface area contributed by atoms with Crippen LogP contribution in [0.1, 0.15) is 43.7 Å². The number of rotatable bonds is 2. The highest BCUT2D eigenvalue weighted by molar-refractivity contribution is 5.35. The Hall–Kier alpha value is -0.890. The lowest BCUT2D eigenvalue weighted by Crippen LogP contribution is -2.19. The molecular weight excluding hydrogens is 177 g/mol. The monoisotopic (exact) mass is 193 g/mol. The van der Waals surface area contributed by atoms with Crippen LogP contribution in [0.2, 0.25) is 0 Å². The van der Waals surface area contributed by atoms with Crippen molar-refractivity contribution in [3.63, 3.8) is 0 Å². The third-order valence-electron chi connectivity index (χ3n) is 2.98. The maximum Gasteiger partial charge on any atom is 0.126 e. The van der Waals surface area contributed by atoms with Crippen molar-refractivity contribution in [1.82, 2.24) is 0 Å². The lowest BCUT2D eigenvalue weighted by Gasteiger charge is -2.13. The molecule has 0 amide bonds. The molecule has 1 saturated carbocycles. The van der Waals surface area contributed by atoms with Gasteiger partial charge in [-0.1, -0.05) is 26.0 Å². The Morgan fingerprint density at radius 3 is 2.50 bits per heavy atom. The molecule has 2 heteroatoms. The van der Waals surface area contributed by atoms with Gasteiger partial charge in [-0.3, -0.25) is 0 Å². The van der Waals surface area contributed by atoms with Gasteiger partial charge in [0.2, 0.25) is 0 Å². The molecule has 76 valence electrons. The van der Waals surface area contributed by atoms with E-state index in [1.165, 1.54) is 6.07 Å². The molecule has 0 radical (unpaired) electrons. The van der Waals surface area contributed by atoms with E-state index in [4.69, 9.17) is 5.73 Å². The lowest BCUT2D eigenvalue weighted by molar-refractivity contribution is 0.594. The summed E-state index contributed by atoms with van der Waals surface area (Å²) in [5, 5.41) is 0. The van der Waals surface area contributed by atoms with Crippen LogP contribution in [0, 0.1) is 5.82 Å². The number of benzene rings is 1. The Bertz CT molecular complexity index is 353. The first-order chi connectivity index (χ1) is 6.53. The van der Waals surface area contributed by atoms with E-state index in [2.05, 4.69) is 0 Å². The molecule has 1 aliphatic carbocycles. The second-order valence-corrected chi connectivity index (χ2v) is 4.55. The van der Waals surface area contributed by atoms with Gasteiger partial charge in [-0.15, -0.1) is 0 Å². The SMILES string of the molecule is CC(C)c1cc(C2(N)CC2)ccc1F. The minimum Gasteiger partial charge on any atom is -0.321 e. The number of nitrogens with two attached hydrogens (primary N) is 1. The molecule has 14 heavy (non-hydrogen) atoms. The maximum atomic E-state index is 13.4. The summed E-state index contributed by atoms with van der Waals surface area (Å²) in [6.07, 6.45) is 2.05. The molecule has 0 heterocycles. The fourth-order valence-electron chi connectivity index (χ4n) is 1.72. The third kappa shape index (κ3) is 1.55. The van der Waals surface area contributed by atoms with Crippen LogP contribution in [0.4, 0.5) is 4.39 Å². The summed E-state index contributed by atoms with van der Waals surface area (Å²) >= 11 is 0. The third-order valence-corrected chi connectivity index (χ3v) is 2.98. The highest BCUT2D eigenvalue weighted by Gasteiger charge is 2.40. The van der Waals surface area contributed by atoms with Crippen molar-refractivity contribution in [3.05, 3.63) is 35.1 Å². The second-order valence-electron chi connectivity index (χ2n) is 4.55. The lowest BCUT2D eigenvalue weighted by atomic mass is 9.96. The first kappa shape index (κ1) is 9.66. The van der Waals surface area contributed by atoms with Gasteiger partial charge in [0.25, 0.3) is 0 Å². The zero-order valence-electron chi connectivity index (χ0n) is 8.68. The first-order valence-electron chi connectivity index (χ1n) is 5.12. The van der Waals surface area contributed by atoms with Crippen molar-refractivity contribution in [2.75, 3.05) is 0 Å². The van der Waals surface area contributed by atoms with Crippen LogP contribution in [0.15, 0.2) is 18.2 Å². The van der Waals surface area contributed by atoms with E-state index < -0.39 is 0 Å². The standard InChI is InChI=1S/C12H16FN/c1-8(2)10-7-9(3-4-11(10)13)12(14)5-6-12/h3-4,7-8H,5-6,14H2,1-2H3. The van der Waals surface area contributed by atoms with Gasteiger partial charge >= 0.3 is 0 Å². The first-order valence-corrected chi connectivity index (χ1v) is 5.12. The molecule has 0 saturated heterocycles. The molecule has 2 rings (SSSR count). The molecule has 1 aliphatic rings. The summed E-state index contributed by atoms with van der Waals surface area (Å²) in [5.41, 5.74) is 7.77. The number of hydrogen-bond donors (Lipinski definition) is 1. The average molecular weight is 193 g/mol. The van der Waals surface area contributed by atoms with Crippen LogP contribution in [-0.4, -0.2) is 0 Å². The Labute approximate surface area is 84.1 Å². The van der Waals surface area contributed by atoms with Crippen molar-refractivity contribution in [3.8, 4) is 0 Å². The molecule has 0 bridgehead atoms. The van der Waals surface area contributed by atoms with E-state index in [-0.39, 0.29) is 17.3 Å². The van der Waals surface area contributed by atoms with E-state index in [1.54, 1.807) is 0 Å². The largest absolute Gasteiger partial charge is 0.321 e. The van der Waals surface area contributed by atoms with Crippen LogP contribution in [-0.2, 0) is 5.54 Å². The summed E-state index contributed by atoms with van der Waals surface area (Å²) in [6, 6.07) is 5.28. The minimum atomic E-state index is -0.155. The predicted octanol–water partition coefficient (Wildman–Crippen LogP) is 2.90.